The van der Waals surface area contributed by atoms with E-state index < -0.39 is 0 Å². The van der Waals surface area contributed by atoms with Gasteiger partial charge < -0.3 is 4.42 Å². The van der Waals surface area contributed by atoms with Crippen LogP contribution in [0.2, 0.25) is 0 Å². The summed E-state index contributed by atoms with van der Waals surface area (Å²) >= 11 is 0. The van der Waals surface area contributed by atoms with Crippen molar-refractivity contribution < 1.29 is 9.21 Å². The molecular weight excluding hydrogens is 286 g/mol. The van der Waals surface area contributed by atoms with Gasteiger partial charge in [0, 0.05) is 34.8 Å². The summed E-state index contributed by atoms with van der Waals surface area (Å²) in [5.41, 5.74) is 3.60. The third kappa shape index (κ3) is 3.19. The Kier molecular flexibility index (Phi) is 4.03. The van der Waals surface area contributed by atoms with Crippen LogP contribution in [0.15, 0.2) is 53.3 Å². The van der Waals surface area contributed by atoms with Gasteiger partial charge in [0.25, 0.3) is 0 Å². The van der Waals surface area contributed by atoms with Crippen molar-refractivity contribution in [1.82, 2.24) is 4.98 Å². The summed E-state index contributed by atoms with van der Waals surface area (Å²) in [5, 5.41) is 0.906. The molecule has 0 fully saturated rings. The van der Waals surface area contributed by atoms with Crippen LogP contribution in [0.4, 0.5) is 0 Å². The van der Waals surface area contributed by atoms with E-state index in [4.69, 9.17) is 4.42 Å². The van der Waals surface area contributed by atoms with E-state index in [0.29, 0.717) is 12.8 Å². The Morgan fingerprint density at radius 1 is 1.13 bits per heavy atom. The van der Waals surface area contributed by atoms with Crippen LogP contribution >= 0.6 is 0 Å². The third-order valence-corrected chi connectivity index (χ3v) is 4.06. The van der Waals surface area contributed by atoms with Gasteiger partial charge >= 0.3 is 0 Å². The van der Waals surface area contributed by atoms with Crippen molar-refractivity contribution >= 4 is 16.8 Å². The van der Waals surface area contributed by atoms with E-state index in [9.17, 15) is 4.79 Å². The van der Waals surface area contributed by atoms with Crippen molar-refractivity contribution in [2.45, 2.75) is 39.0 Å². The SMILES string of the molecule is CC(C)(C)c1ccc(C(=O)CCc2ccccn2)c2ccoc12. The van der Waals surface area contributed by atoms with E-state index in [1.54, 1.807) is 12.5 Å². The monoisotopic (exact) mass is 307 g/mol. The van der Waals surface area contributed by atoms with Crippen molar-refractivity contribution in [3.05, 3.63) is 65.7 Å². The maximum atomic E-state index is 12.6. The van der Waals surface area contributed by atoms with E-state index in [-0.39, 0.29) is 11.2 Å². The lowest BCUT2D eigenvalue weighted by Gasteiger charge is -2.19. The largest absolute Gasteiger partial charge is 0.464 e. The smallest absolute Gasteiger partial charge is 0.164 e. The minimum absolute atomic E-state index is 0.0222. The van der Waals surface area contributed by atoms with E-state index in [1.165, 1.54) is 0 Å². The highest BCUT2D eigenvalue weighted by atomic mass is 16.3. The van der Waals surface area contributed by atoms with E-state index >= 15 is 0 Å². The number of Topliss-reactive ketones (excluding diaryl/α,β-unsaturated/α-hetero) is 1. The zero-order valence-corrected chi connectivity index (χ0v) is 13.8. The van der Waals surface area contributed by atoms with Crippen molar-refractivity contribution in [2.24, 2.45) is 0 Å². The molecule has 0 aliphatic heterocycles. The highest BCUT2D eigenvalue weighted by Gasteiger charge is 2.22. The number of benzene rings is 1. The van der Waals surface area contributed by atoms with Gasteiger partial charge in [-0.15, -0.1) is 0 Å². The summed E-state index contributed by atoms with van der Waals surface area (Å²) < 4.78 is 5.66. The number of carbonyl (C=O) groups excluding carboxylic acids is 1. The molecule has 0 unspecified atom stereocenters. The molecule has 0 aliphatic rings. The van der Waals surface area contributed by atoms with Crippen molar-refractivity contribution in [1.29, 1.82) is 0 Å². The number of furan rings is 1. The number of nitrogens with zero attached hydrogens (tertiary/aromatic N) is 1. The van der Waals surface area contributed by atoms with Crippen LogP contribution in [0.3, 0.4) is 0 Å². The maximum Gasteiger partial charge on any atom is 0.164 e. The fraction of sp³-hybridized carbons (Fsp3) is 0.300. The zero-order valence-electron chi connectivity index (χ0n) is 13.8. The Bertz CT molecular complexity index is 826. The van der Waals surface area contributed by atoms with Gasteiger partial charge in [0.1, 0.15) is 5.58 Å². The average Bonchev–Trinajstić information content (AvgIpc) is 3.01. The Morgan fingerprint density at radius 3 is 2.65 bits per heavy atom. The lowest BCUT2D eigenvalue weighted by atomic mass is 9.84. The fourth-order valence-corrected chi connectivity index (χ4v) is 2.82. The summed E-state index contributed by atoms with van der Waals surface area (Å²) in [5.74, 6) is 0.127. The lowest BCUT2D eigenvalue weighted by Crippen LogP contribution is -2.12. The third-order valence-electron chi connectivity index (χ3n) is 4.06. The highest BCUT2D eigenvalue weighted by molar-refractivity contribution is 6.07. The van der Waals surface area contributed by atoms with Crippen LogP contribution in [-0.2, 0) is 11.8 Å². The second kappa shape index (κ2) is 5.99. The van der Waals surface area contributed by atoms with Crippen LogP contribution in [0, 0.1) is 0 Å². The first-order chi connectivity index (χ1) is 11.0. The number of ketones is 1. The summed E-state index contributed by atoms with van der Waals surface area (Å²) in [4.78, 5) is 16.9. The topological polar surface area (TPSA) is 43.1 Å². The molecule has 0 radical (unpaired) electrons. The number of hydrogen-bond donors (Lipinski definition) is 0. The first-order valence-electron chi connectivity index (χ1n) is 7.90. The molecule has 3 heteroatoms. The number of carbonyl (C=O) groups is 1. The molecule has 0 bridgehead atoms. The minimum Gasteiger partial charge on any atom is -0.464 e. The molecule has 0 saturated heterocycles. The summed E-state index contributed by atoms with van der Waals surface area (Å²) in [6, 6.07) is 11.6. The van der Waals surface area contributed by atoms with Gasteiger partial charge in [-0.2, -0.15) is 0 Å². The molecule has 3 aromatic rings. The second-order valence-corrected chi connectivity index (χ2v) is 6.82. The molecule has 0 amide bonds. The van der Waals surface area contributed by atoms with Gasteiger partial charge in [-0.3, -0.25) is 9.78 Å². The van der Waals surface area contributed by atoms with Crippen molar-refractivity contribution in [2.75, 3.05) is 0 Å². The molecule has 3 rings (SSSR count). The van der Waals surface area contributed by atoms with E-state index in [2.05, 4.69) is 25.8 Å². The quantitative estimate of drug-likeness (QED) is 0.641. The predicted octanol–water partition coefficient (Wildman–Crippen LogP) is 4.94. The first-order valence-corrected chi connectivity index (χ1v) is 7.90. The normalized spacial score (nSPS) is 11.8. The van der Waals surface area contributed by atoms with Crippen molar-refractivity contribution in [3.8, 4) is 0 Å². The van der Waals surface area contributed by atoms with E-state index in [1.807, 2.05) is 36.4 Å². The number of pyridine rings is 1. The van der Waals surface area contributed by atoms with Crippen LogP contribution < -0.4 is 0 Å². The minimum atomic E-state index is -0.0222. The zero-order chi connectivity index (χ0) is 16.4. The van der Waals surface area contributed by atoms with Crippen LogP contribution in [0.1, 0.15) is 48.8 Å². The van der Waals surface area contributed by atoms with Gasteiger partial charge in [-0.1, -0.05) is 39.0 Å². The van der Waals surface area contributed by atoms with Crippen LogP contribution in [0.25, 0.3) is 11.0 Å². The number of aromatic nitrogens is 1. The molecule has 118 valence electrons. The number of aryl methyl sites for hydroxylation is 1. The number of hydrogen-bond acceptors (Lipinski definition) is 3. The van der Waals surface area contributed by atoms with Crippen LogP contribution in [-0.4, -0.2) is 10.8 Å². The van der Waals surface area contributed by atoms with Gasteiger partial charge in [-0.25, -0.2) is 0 Å². The molecule has 0 atom stereocenters. The number of fused-ring (bicyclic) bond motifs is 1. The molecule has 0 spiro atoms. The Morgan fingerprint density at radius 2 is 1.96 bits per heavy atom. The fourth-order valence-electron chi connectivity index (χ4n) is 2.82. The van der Waals surface area contributed by atoms with E-state index in [0.717, 1.165) is 27.8 Å². The molecule has 2 aromatic heterocycles. The predicted molar refractivity (Wildman–Crippen MR) is 91.8 cm³/mol. The second-order valence-electron chi connectivity index (χ2n) is 6.82. The van der Waals surface area contributed by atoms with Crippen molar-refractivity contribution in [3.63, 3.8) is 0 Å². The highest BCUT2D eigenvalue weighted by Crippen LogP contribution is 2.33. The van der Waals surface area contributed by atoms with Gasteiger partial charge in [-0.05, 0) is 30.0 Å². The Balaban J connectivity index is 1.88. The standard InChI is InChI=1S/C20H21NO2/c1-20(2,3)17-9-8-15(16-11-13-23-19(16)17)18(22)10-7-14-6-4-5-12-21-14/h4-6,8-9,11-13H,7,10H2,1-3H3. The molecule has 2 heterocycles. The first kappa shape index (κ1) is 15.5. The summed E-state index contributed by atoms with van der Waals surface area (Å²) in [6.45, 7) is 6.44. The van der Waals surface area contributed by atoms with Gasteiger partial charge in [0.05, 0.1) is 6.26 Å². The lowest BCUT2D eigenvalue weighted by molar-refractivity contribution is 0.0984. The summed E-state index contributed by atoms with van der Waals surface area (Å²) in [7, 11) is 0. The van der Waals surface area contributed by atoms with Crippen LogP contribution in [0.5, 0.6) is 0 Å². The maximum absolute atomic E-state index is 12.6. The molecular formula is C20H21NO2. The average molecular weight is 307 g/mol. The molecule has 0 aliphatic carbocycles. The molecule has 1 aromatic carbocycles. The molecule has 0 N–H and O–H groups in total. The Labute approximate surface area is 136 Å². The van der Waals surface area contributed by atoms with Gasteiger partial charge in [0.2, 0.25) is 0 Å². The molecule has 23 heavy (non-hydrogen) atoms. The summed E-state index contributed by atoms with van der Waals surface area (Å²) in [6.07, 6.45) is 4.52. The van der Waals surface area contributed by atoms with Gasteiger partial charge in [0.15, 0.2) is 5.78 Å². The molecule has 0 saturated carbocycles. The molecule has 3 nitrogen and oxygen atoms in total. The number of rotatable bonds is 4. The Hall–Kier alpha value is -2.42.